The van der Waals surface area contributed by atoms with Crippen LogP contribution in [0.15, 0.2) is 52.2 Å². The molecule has 3 heterocycles. The molecule has 3 aromatic rings. The van der Waals surface area contributed by atoms with Crippen LogP contribution in [0, 0.1) is 5.92 Å². The first-order valence-electron chi connectivity index (χ1n) is 9.75. The molecule has 2 aromatic heterocycles. The van der Waals surface area contributed by atoms with Crippen LogP contribution in [-0.2, 0) is 6.54 Å². The minimum Gasteiger partial charge on any atom is -0.508 e. The molecule has 1 aliphatic heterocycles. The van der Waals surface area contributed by atoms with E-state index in [1.165, 1.54) is 23.9 Å². The second-order valence-electron chi connectivity index (χ2n) is 7.38. The van der Waals surface area contributed by atoms with Gasteiger partial charge in [0.2, 0.25) is 5.95 Å². The van der Waals surface area contributed by atoms with E-state index in [1.807, 2.05) is 16.7 Å². The molecule has 1 aliphatic rings. The number of rotatable bonds is 7. The molecule has 0 unspecified atom stereocenters. The molecule has 1 aromatic carbocycles. The predicted molar refractivity (Wildman–Crippen MR) is 112 cm³/mol. The van der Waals surface area contributed by atoms with Crippen molar-refractivity contribution in [3.05, 3.63) is 54.0 Å². The topological polar surface area (TPSA) is 84.4 Å². The molecule has 1 saturated heterocycles. The average molecular weight is 413 g/mol. The molecule has 152 valence electrons. The van der Waals surface area contributed by atoms with Gasteiger partial charge in [-0.15, -0.1) is 10.2 Å². The SMILES string of the molecule is CC1CCN(c2nnc(SCC(=O)c3ccc(O)cc3)n2Cc2ccco2)CC1. The van der Waals surface area contributed by atoms with Crippen LogP contribution in [0.3, 0.4) is 0 Å². The van der Waals surface area contributed by atoms with Crippen LogP contribution in [0.25, 0.3) is 0 Å². The zero-order chi connectivity index (χ0) is 20.2. The van der Waals surface area contributed by atoms with E-state index in [1.54, 1.807) is 18.4 Å². The number of hydrogen-bond donors (Lipinski definition) is 1. The number of thioether (sulfide) groups is 1. The average Bonchev–Trinajstić information content (AvgIpc) is 3.38. The van der Waals surface area contributed by atoms with Crippen LogP contribution in [0.5, 0.6) is 5.75 Å². The number of benzene rings is 1. The number of Topliss-reactive ketones (excluding diaryl/α,β-unsaturated/α-hetero) is 1. The van der Waals surface area contributed by atoms with E-state index in [2.05, 4.69) is 22.0 Å². The van der Waals surface area contributed by atoms with E-state index in [0.717, 1.165) is 43.6 Å². The minimum absolute atomic E-state index is 0.0177. The van der Waals surface area contributed by atoms with Gasteiger partial charge < -0.3 is 14.4 Å². The van der Waals surface area contributed by atoms with Gasteiger partial charge >= 0.3 is 0 Å². The maximum atomic E-state index is 12.5. The van der Waals surface area contributed by atoms with Crippen molar-refractivity contribution in [3.8, 4) is 5.75 Å². The number of anilines is 1. The standard InChI is InChI=1S/C21H24N4O3S/c1-15-8-10-24(11-9-15)20-22-23-21(25(20)13-18-3-2-12-28-18)29-14-19(27)16-4-6-17(26)7-5-16/h2-7,12,15,26H,8-11,13-14H2,1H3. The van der Waals surface area contributed by atoms with E-state index < -0.39 is 0 Å². The second kappa shape index (κ2) is 8.73. The lowest BCUT2D eigenvalue weighted by Crippen LogP contribution is -2.35. The van der Waals surface area contributed by atoms with Crippen molar-refractivity contribution in [2.75, 3.05) is 23.7 Å². The summed E-state index contributed by atoms with van der Waals surface area (Å²) in [5, 5.41) is 18.9. The molecule has 4 rings (SSSR count). The highest BCUT2D eigenvalue weighted by Gasteiger charge is 2.23. The number of phenols is 1. The fourth-order valence-corrected chi connectivity index (χ4v) is 4.22. The number of carbonyl (C=O) groups is 1. The Labute approximate surface area is 173 Å². The summed E-state index contributed by atoms with van der Waals surface area (Å²) >= 11 is 1.37. The monoisotopic (exact) mass is 412 g/mol. The molecule has 0 bridgehead atoms. The first-order chi connectivity index (χ1) is 14.1. The van der Waals surface area contributed by atoms with Gasteiger partial charge in [-0.1, -0.05) is 18.7 Å². The van der Waals surface area contributed by atoms with E-state index in [9.17, 15) is 9.90 Å². The van der Waals surface area contributed by atoms with Crippen molar-refractivity contribution < 1.29 is 14.3 Å². The number of hydrogen-bond acceptors (Lipinski definition) is 7. The van der Waals surface area contributed by atoms with Crippen molar-refractivity contribution in [1.82, 2.24) is 14.8 Å². The number of carbonyl (C=O) groups excluding carboxylic acids is 1. The van der Waals surface area contributed by atoms with Gasteiger partial charge in [0, 0.05) is 18.7 Å². The van der Waals surface area contributed by atoms with Crippen LogP contribution in [0.1, 0.15) is 35.9 Å². The van der Waals surface area contributed by atoms with E-state index >= 15 is 0 Å². The maximum Gasteiger partial charge on any atom is 0.228 e. The molecular weight excluding hydrogens is 388 g/mol. The number of phenolic OH excluding ortho intramolecular Hbond substituents is 1. The van der Waals surface area contributed by atoms with Crippen LogP contribution >= 0.6 is 11.8 Å². The summed E-state index contributed by atoms with van der Waals surface area (Å²) in [6.45, 7) is 4.71. The Morgan fingerprint density at radius 3 is 2.66 bits per heavy atom. The van der Waals surface area contributed by atoms with Crippen molar-refractivity contribution in [2.24, 2.45) is 5.92 Å². The fraction of sp³-hybridized carbons (Fsp3) is 0.381. The number of aromatic nitrogens is 3. The Morgan fingerprint density at radius 2 is 1.97 bits per heavy atom. The lowest BCUT2D eigenvalue weighted by molar-refractivity contribution is 0.102. The molecule has 7 nitrogen and oxygen atoms in total. The fourth-order valence-electron chi connectivity index (χ4n) is 3.39. The van der Waals surface area contributed by atoms with Gasteiger partial charge in [-0.05, 0) is 55.2 Å². The third-order valence-corrected chi connectivity index (χ3v) is 6.15. The first kappa shape index (κ1) is 19.6. The smallest absolute Gasteiger partial charge is 0.228 e. The van der Waals surface area contributed by atoms with Gasteiger partial charge in [0.25, 0.3) is 0 Å². The van der Waals surface area contributed by atoms with Crippen LogP contribution in [-0.4, -0.2) is 44.5 Å². The molecule has 0 radical (unpaired) electrons. The van der Waals surface area contributed by atoms with Gasteiger partial charge in [0.15, 0.2) is 10.9 Å². The van der Waals surface area contributed by atoms with Crippen molar-refractivity contribution in [2.45, 2.75) is 31.5 Å². The van der Waals surface area contributed by atoms with Gasteiger partial charge in [0.05, 0.1) is 18.6 Å². The van der Waals surface area contributed by atoms with E-state index in [0.29, 0.717) is 17.3 Å². The molecular formula is C21H24N4O3S. The molecule has 8 heteroatoms. The molecule has 1 fully saturated rings. The molecule has 1 N–H and O–H groups in total. The summed E-state index contributed by atoms with van der Waals surface area (Å²) in [6, 6.07) is 10.1. The number of nitrogens with zero attached hydrogens (tertiary/aromatic N) is 4. The number of furan rings is 1. The quantitative estimate of drug-likeness (QED) is 0.466. The number of piperidine rings is 1. The van der Waals surface area contributed by atoms with Gasteiger partial charge in [0.1, 0.15) is 11.5 Å². The summed E-state index contributed by atoms with van der Waals surface area (Å²) < 4.78 is 7.56. The number of aromatic hydroxyl groups is 1. The van der Waals surface area contributed by atoms with Crippen molar-refractivity contribution in [1.29, 1.82) is 0 Å². The third kappa shape index (κ3) is 4.64. The summed E-state index contributed by atoms with van der Waals surface area (Å²) in [5.74, 6) is 2.75. The zero-order valence-corrected chi connectivity index (χ0v) is 17.1. The highest BCUT2D eigenvalue weighted by molar-refractivity contribution is 7.99. The summed E-state index contributed by atoms with van der Waals surface area (Å²) in [5.41, 5.74) is 0.567. The summed E-state index contributed by atoms with van der Waals surface area (Å²) in [6.07, 6.45) is 3.92. The summed E-state index contributed by atoms with van der Waals surface area (Å²) in [7, 11) is 0. The van der Waals surface area contributed by atoms with Crippen molar-refractivity contribution in [3.63, 3.8) is 0 Å². The van der Waals surface area contributed by atoms with Gasteiger partial charge in [-0.3, -0.25) is 9.36 Å². The first-order valence-corrected chi connectivity index (χ1v) is 10.7. The largest absolute Gasteiger partial charge is 0.508 e. The molecule has 29 heavy (non-hydrogen) atoms. The van der Waals surface area contributed by atoms with Crippen LogP contribution in [0.2, 0.25) is 0 Å². The Hall–Kier alpha value is -2.74. The van der Waals surface area contributed by atoms with Gasteiger partial charge in [-0.25, -0.2) is 0 Å². The highest BCUT2D eigenvalue weighted by Crippen LogP contribution is 2.27. The molecule has 0 amide bonds. The molecule has 0 saturated carbocycles. The van der Waals surface area contributed by atoms with E-state index in [4.69, 9.17) is 4.42 Å². The van der Waals surface area contributed by atoms with Gasteiger partial charge in [-0.2, -0.15) is 0 Å². The minimum atomic E-state index is -0.0177. The molecule has 0 aliphatic carbocycles. The van der Waals surface area contributed by atoms with Crippen LogP contribution < -0.4 is 4.90 Å². The predicted octanol–water partition coefficient (Wildman–Crippen LogP) is 3.84. The van der Waals surface area contributed by atoms with Crippen LogP contribution in [0.4, 0.5) is 5.95 Å². The van der Waals surface area contributed by atoms with Crippen molar-refractivity contribution >= 4 is 23.5 Å². The lowest BCUT2D eigenvalue weighted by Gasteiger charge is -2.31. The Balaban J connectivity index is 1.52. The highest BCUT2D eigenvalue weighted by atomic mass is 32.2. The Morgan fingerprint density at radius 1 is 1.21 bits per heavy atom. The lowest BCUT2D eigenvalue weighted by atomic mass is 10.00. The maximum absolute atomic E-state index is 12.5. The zero-order valence-electron chi connectivity index (χ0n) is 16.3. The Bertz CT molecular complexity index is 945. The summed E-state index contributed by atoms with van der Waals surface area (Å²) in [4.78, 5) is 14.8. The normalized spacial score (nSPS) is 15.0. The number of ketones is 1. The van der Waals surface area contributed by atoms with E-state index in [-0.39, 0.29) is 17.3 Å². The Kier molecular flexibility index (Phi) is 5.89. The second-order valence-corrected chi connectivity index (χ2v) is 8.32. The molecule has 0 spiro atoms. The third-order valence-electron chi connectivity index (χ3n) is 5.18. The molecule has 0 atom stereocenters.